The Labute approximate surface area is 90.8 Å². The Morgan fingerprint density at radius 1 is 1.40 bits per heavy atom. The smallest absolute Gasteiger partial charge is 0.0460 e. The van der Waals surface area contributed by atoms with Crippen molar-refractivity contribution in [3.8, 4) is 0 Å². The summed E-state index contributed by atoms with van der Waals surface area (Å²) in [7, 11) is 0. The Morgan fingerprint density at radius 2 is 2.20 bits per heavy atom. The Morgan fingerprint density at radius 3 is 2.87 bits per heavy atom. The van der Waals surface area contributed by atoms with Crippen LogP contribution in [0.25, 0.3) is 0 Å². The molecule has 0 amide bonds. The lowest BCUT2D eigenvalue weighted by atomic mass is 10.1. The van der Waals surface area contributed by atoms with Crippen LogP contribution in [0, 0.1) is 0 Å². The molecule has 0 saturated carbocycles. The number of nitrogens with zero attached hydrogens (tertiary/aromatic N) is 1. The van der Waals surface area contributed by atoms with Crippen molar-refractivity contribution in [1.29, 1.82) is 0 Å². The summed E-state index contributed by atoms with van der Waals surface area (Å²) in [6.45, 7) is 5.62. The van der Waals surface area contributed by atoms with E-state index < -0.39 is 0 Å². The fraction of sp³-hybridized carbons (Fsp3) is 0.636. The zero-order valence-corrected chi connectivity index (χ0v) is 9.08. The predicted octanol–water partition coefficient (Wildman–Crippen LogP) is 0.310. The van der Waals surface area contributed by atoms with Crippen molar-refractivity contribution in [2.24, 2.45) is 5.73 Å². The molecule has 1 aliphatic rings. The molecule has 1 saturated heterocycles. The van der Waals surface area contributed by atoms with Gasteiger partial charge in [-0.15, -0.1) is 0 Å². The summed E-state index contributed by atoms with van der Waals surface area (Å²) in [4.78, 5) is 5.64. The second-order valence-electron chi connectivity index (χ2n) is 4.11. The minimum Gasteiger partial charge on any atom is -0.364 e. The molecule has 0 spiro atoms. The number of piperazine rings is 1. The van der Waals surface area contributed by atoms with E-state index in [1.165, 1.54) is 0 Å². The monoisotopic (exact) mass is 208 g/mol. The second kappa shape index (κ2) is 5.30. The van der Waals surface area contributed by atoms with Gasteiger partial charge >= 0.3 is 0 Å². The lowest BCUT2D eigenvalue weighted by Gasteiger charge is -2.27. The molecule has 1 aromatic rings. The first kappa shape index (κ1) is 10.7. The van der Waals surface area contributed by atoms with Crippen LogP contribution in [0.5, 0.6) is 0 Å². The van der Waals surface area contributed by atoms with E-state index in [2.05, 4.69) is 21.3 Å². The van der Waals surface area contributed by atoms with Crippen LogP contribution in [0.4, 0.5) is 0 Å². The normalized spacial score (nSPS) is 20.3. The van der Waals surface area contributed by atoms with Crippen molar-refractivity contribution in [1.82, 2.24) is 15.2 Å². The number of nitrogens with one attached hydrogen (secondary N) is 2. The van der Waals surface area contributed by atoms with Gasteiger partial charge in [-0.25, -0.2) is 0 Å². The van der Waals surface area contributed by atoms with Gasteiger partial charge in [0.1, 0.15) is 0 Å². The summed E-state index contributed by atoms with van der Waals surface area (Å²) in [5.41, 5.74) is 7.23. The van der Waals surface area contributed by atoms with Crippen LogP contribution in [0.2, 0.25) is 0 Å². The fourth-order valence-electron chi connectivity index (χ4n) is 1.99. The largest absolute Gasteiger partial charge is 0.364 e. The minimum atomic E-state index is 0.148. The van der Waals surface area contributed by atoms with Gasteiger partial charge in [0.25, 0.3) is 0 Å². The van der Waals surface area contributed by atoms with Gasteiger partial charge in [0.15, 0.2) is 0 Å². The number of aromatic amines is 1. The van der Waals surface area contributed by atoms with Gasteiger partial charge < -0.3 is 20.9 Å². The van der Waals surface area contributed by atoms with Crippen LogP contribution >= 0.6 is 0 Å². The third kappa shape index (κ3) is 3.06. The maximum absolute atomic E-state index is 6.08. The minimum absolute atomic E-state index is 0.148. The highest BCUT2D eigenvalue weighted by molar-refractivity contribution is 5.08. The molecule has 2 heterocycles. The van der Waals surface area contributed by atoms with Crippen LogP contribution in [-0.2, 0) is 0 Å². The molecule has 4 N–H and O–H groups in total. The number of nitrogens with two attached hydrogens (primary N) is 1. The quantitative estimate of drug-likeness (QED) is 0.667. The van der Waals surface area contributed by atoms with Crippen LogP contribution in [0.15, 0.2) is 18.3 Å². The van der Waals surface area contributed by atoms with Gasteiger partial charge in [-0.1, -0.05) is 0 Å². The molecule has 0 radical (unpaired) electrons. The molecule has 2 rings (SSSR count). The standard InChI is InChI=1S/C11H20N4/c12-10(11-2-1-4-14-11)3-7-15-8-5-13-6-9-15/h1-2,4,10,13-14H,3,5-9,12H2. The topological polar surface area (TPSA) is 57.1 Å². The first-order valence-electron chi connectivity index (χ1n) is 5.68. The predicted molar refractivity (Wildman–Crippen MR) is 61.6 cm³/mol. The number of aromatic nitrogens is 1. The zero-order chi connectivity index (χ0) is 10.5. The summed E-state index contributed by atoms with van der Waals surface area (Å²) in [6, 6.07) is 4.21. The molecule has 1 aromatic heterocycles. The first-order chi connectivity index (χ1) is 7.36. The number of hydrogen-bond acceptors (Lipinski definition) is 3. The van der Waals surface area contributed by atoms with Crippen LogP contribution in [0.1, 0.15) is 18.2 Å². The van der Waals surface area contributed by atoms with E-state index >= 15 is 0 Å². The first-order valence-corrected chi connectivity index (χ1v) is 5.68. The van der Waals surface area contributed by atoms with Gasteiger partial charge in [0.2, 0.25) is 0 Å². The molecule has 1 fully saturated rings. The number of hydrogen-bond donors (Lipinski definition) is 3. The highest BCUT2D eigenvalue weighted by Crippen LogP contribution is 2.11. The van der Waals surface area contributed by atoms with Crippen molar-refractivity contribution in [2.75, 3.05) is 32.7 Å². The maximum atomic E-state index is 6.08. The summed E-state index contributed by atoms with van der Waals surface area (Å²) >= 11 is 0. The lowest BCUT2D eigenvalue weighted by molar-refractivity contribution is 0.232. The van der Waals surface area contributed by atoms with Crippen LogP contribution in [-0.4, -0.2) is 42.6 Å². The lowest BCUT2D eigenvalue weighted by Crippen LogP contribution is -2.44. The van der Waals surface area contributed by atoms with Crippen molar-refractivity contribution < 1.29 is 0 Å². The molecule has 0 aliphatic carbocycles. The average molecular weight is 208 g/mol. The van der Waals surface area contributed by atoms with E-state index in [0.717, 1.165) is 44.8 Å². The van der Waals surface area contributed by atoms with E-state index in [1.807, 2.05) is 12.3 Å². The Kier molecular flexibility index (Phi) is 3.77. The molecule has 0 bridgehead atoms. The zero-order valence-electron chi connectivity index (χ0n) is 9.08. The Hall–Kier alpha value is -0.840. The van der Waals surface area contributed by atoms with E-state index in [0.29, 0.717) is 0 Å². The molecule has 0 aromatic carbocycles. The Balaban J connectivity index is 1.73. The van der Waals surface area contributed by atoms with Crippen molar-refractivity contribution in [3.63, 3.8) is 0 Å². The second-order valence-corrected chi connectivity index (χ2v) is 4.11. The van der Waals surface area contributed by atoms with E-state index in [-0.39, 0.29) is 6.04 Å². The summed E-state index contributed by atoms with van der Waals surface area (Å²) in [5.74, 6) is 0. The molecule has 84 valence electrons. The molecule has 4 heteroatoms. The van der Waals surface area contributed by atoms with Gasteiger partial charge in [0, 0.05) is 50.7 Å². The summed E-state index contributed by atoms with van der Waals surface area (Å²) in [5, 5.41) is 3.35. The summed E-state index contributed by atoms with van der Waals surface area (Å²) in [6.07, 6.45) is 2.96. The molecular weight excluding hydrogens is 188 g/mol. The molecule has 1 atom stereocenters. The number of H-pyrrole nitrogens is 1. The highest BCUT2D eigenvalue weighted by Gasteiger charge is 2.12. The molecule has 1 aliphatic heterocycles. The third-order valence-corrected chi connectivity index (χ3v) is 2.99. The van der Waals surface area contributed by atoms with Crippen molar-refractivity contribution in [3.05, 3.63) is 24.0 Å². The van der Waals surface area contributed by atoms with Gasteiger partial charge in [-0.3, -0.25) is 0 Å². The van der Waals surface area contributed by atoms with Crippen molar-refractivity contribution in [2.45, 2.75) is 12.5 Å². The number of rotatable bonds is 4. The third-order valence-electron chi connectivity index (χ3n) is 2.99. The SMILES string of the molecule is NC(CCN1CCNCC1)c1ccc[nH]1. The van der Waals surface area contributed by atoms with E-state index in [1.54, 1.807) is 0 Å². The fourth-order valence-corrected chi connectivity index (χ4v) is 1.99. The highest BCUT2D eigenvalue weighted by atomic mass is 15.2. The van der Waals surface area contributed by atoms with Crippen LogP contribution in [0.3, 0.4) is 0 Å². The summed E-state index contributed by atoms with van der Waals surface area (Å²) < 4.78 is 0. The van der Waals surface area contributed by atoms with Gasteiger partial charge in [0.05, 0.1) is 0 Å². The molecule has 15 heavy (non-hydrogen) atoms. The van der Waals surface area contributed by atoms with Crippen LogP contribution < -0.4 is 11.1 Å². The average Bonchev–Trinajstić information content (AvgIpc) is 2.81. The van der Waals surface area contributed by atoms with Gasteiger partial charge in [-0.05, 0) is 18.6 Å². The van der Waals surface area contributed by atoms with E-state index in [4.69, 9.17) is 5.73 Å². The van der Waals surface area contributed by atoms with Crippen molar-refractivity contribution >= 4 is 0 Å². The molecule has 1 unspecified atom stereocenters. The van der Waals surface area contributed by atoms with Gasteiger partial charge in [-0.2, -0.15) is 0 Å². The van der Waals surface area contributed by atoms with E-state index in [9.17, 15) is 0 Å². The Bertz CT molecular complexity index is 264. The molecular formula is C11H20N4. The maximum Gasteiger partial charge on any atom is 0.0460 e. The molecule has 4 nitrogen and oxygen atoms in total.